The molecule has 11 heteroatoms. The number of ketones is 1. The average Bonchev–Trinajstić information content (AvgIpc) is 3.15. The van der Waals surface area contributed by atoms with Crippen LogP contribution in [-0.4, -0.2) is 86.0 Å². The zero-order valence-corrected chi connectivity index (χ0v) is 33.8. The number of hydrogen-bond donors (Lipinski definition) is 3. The first-order valence-electron chi connectivity index (χ1n) is 19.1. The highest BCUT2D eigenvalue weighted by molar-refractivity contribution is 5.97. The summed E-state index contributed by atoms with van der Waals surface area (Å²) in [5, 5.41) is 6.00. The fourth-order valence-electron chi connectivity index (χ4n) is 5.92. The van der Waals surface area contributed by atoms with Gasteiger partial charge in [-0.05, 0) is 90.1 Å². The van der Waals surface area contributed by atoms with Crippen molar-refractivity contribution >= 4 is 35.5 Å². The van der Waals surface area contributed by atoms with Crippen LogP contribution in [0.4, 0.5) is 5.69 Å². The molecular formula is C44H61N5O6. The van der Waals surface area contributed by atoms with Gasteiger partial charge in [0.25, 0.3) is 0 Å². The van der Waals surface area contributed by atoms with Crippen molar-refractivity contribution in [2.75, 3.05) is 45.7 Å². The molecule has 0 aliphatic carbocycles. The van der Waals surface area contributed by atoms with Gasteiger partial charge in [-0.1, -0.05) is 65.0 Å². The fourth-order valence-corrected chi connectivity index (χ4v) is 5.92. The lowest BCUT2D eigenvalue weighted by atomic mass is 9.83. The van der Waals surface area contributed by atoms with Crippen LogP contribution in [0.15, 0.2) is 72.8 Å². The molecule has 3 rings (SSSR count). The molecule has 1 atom stereocenters. The number of rotatable bonds is 22. The third kappa shape index (κ3) is 16.6. The van der Waals surface area contributed by atoms with Gasteiger partial charge in [0.15, 0.2) is 5.78 Å². The second kappa shape index (κ2) is 21.3. The number of ether oxygens (including phenoxy) is 1. The number of hydrogen-bond acceptors (Lipinski definition) is 8. The lowest BCUT2D eigenvalue weighted by Gasteiger charge is -2.27. The second-order valence-electron chi connectivity index (χ2n) is 16.4. The molecule has 0 fully saturated rings. The molecule has 0 aromatic heterocycles. The normalized spacial score (nSPS) is 12.1. The Morgan fingerprint density at radius 1 is 0.818 bits per heavy atom. The van der Waals surface area contributed by atoms with E-state index in [1.807, 2.05) is 43.4 Å². The number of likely N-dealkylation sites (N-methyl/N-ethyl adjacent to an activating group) is 2. The Balaban J connectivity index is 1.30. The Morgan fingerprint density at radius 2 is 1.44 bits per heavy atom. The van der Waals surface area contributed by atoms with Gasteiger partial charge < -0.3 is 30.9 Å². The molecule has 298 valence electrons. The van der Waals surface area contributed by atoms with Gasteiger partial charge in [0.1, 0.15) is 18.6 Å². The number of nitrogens with one attached hydrogen (secondary N) is 2. The monoisotopic (exact) mass is 755 g/mol. The van der Waals surface area contributed by atoms with E-state index in [0.29, 0.717) is 87.3 Å². The summed E-state index contributed by atoms with van der Waals surface area (Å²) in [5.41, 5.74) is 9.70. The lowest BCUT2D eigenvalue weighted by Crippen LogP contribution is -2.38. The minimum Gasteiger partial charge on any atom is -0.492 e. The van der Waals surface area contributed by atoms with Crippen LogP contribution in [0.25, 0.3) is 0 Å². The Hall–Kier alpha value is -4.87. The molecule has 0 radical (unpaired) electrons. The zero-order chi connectivity index (χ0) is 40.6. The van der Waals surface area contributed by atoms with E-state index < -0.39 is 6.04 Å². The summed E-state index contributed by atoms with van der Waals surface area (Å²) in [4.78, 5) is 65.2. The number of carbonyl (C=O) groups excluding carboxylic acids is 5. The molecule has 11 nitrogen and oxygen atoms in total. The zero-order valence-electron chi connectivity index (χ0n) is 33.8. The Labute approximate surface area is 327 Å². The number of Topliss-reactive ketones (excluding diaryl/α,β-unsaturated/α-hetero) is 1. The predicted octanol–water partition coefficient (Wildman–Crippen LogP) is 6.30. The Morgan fingerprint density at radius 3 is 2.04 bits per heavy atom. The summed E-state index contributed by atoms with van der Waals surface area (Å²) in [6, 6.07) is 21.2. The van der Waals surface area contributed by atoms with Gasteiger partial charge in [0, 0.05) is 56.8 Å². The first-order chi connectivity index (χ1) is 25.9. The number of nitrogens with zero attached hydrogens (tertiary/aromatic N) is 2. The van der Waals surface area contributed by atoms with Crippen LogP contribution in [0.2, 0.25) is 0 Å². The van der Waals surface area contributed by atoms with Gasteiger partial charge in [0.05, 0.1) is 19.1 Å². The summed E-state index contributed by atoms with van der Waals surface area (Å²) in [6.07, 6.45) is 4.19. The molecule has 0 saturated carbocycles. The van der Waals surface area contributed by atoms with E-state index in [0.717, 1.165) is 17.4 Å². The van der Waals surface area contributed by atoms with Crippen LogP contribution in [0.3, 0.4) is 0 Å². The maximum atomic E-state index is 12.9. The first kappa shape index (κ1) is 44.5. The van der Waals surface area contributed by atoms with Crippen LogP contribution in [0, 0.1) is 10.8 Å². The molecule has 0 saturated heterocycles. The van der Waals surface area contributed by atoms with E-state index >= 15 is 0 Å². The Kier molecular flexibility index (Phi) is 17.2. The second-order valence-corrected chi connectivity index (χ2v) is 16.4. The maximum Gasteiger partial charge on any atom is 0.241 e. The minimum absolute atomic E-state index is 0.0183. The van der Waals surface area contributed by atoms with Crippen molar-refractivity contribution in [1.82, 2.24) is 15.1 Å². The van der Waals surface area contributed by atoms with E-state index in [2.05, 4.69) is 45.3 Å². The molecule has 3 aromatic rings. The van der Waals surface area contributed by atoms with Crippen LogP contribution in [0.1, 0.15) is 98.6 Å². The predicted molar refractivity (Wildman–Crippen MR) is 218 cm³/mol. The SMILES string of the molecule is CN(CCOc1ccc(C(=O)CNCc2cccc(C=O)c2)cc1)C(=O)CCC(C)(C)CCC(=O)N(C)CCc1ccc(NC(=O)[C@@H](N)CC(C)(C)C)cc1. The van der Waals surface area contributed by atoms with Gasteiger partial charge in [-0.2, -0.15) is 0 Å². The van der Waals surface area contributed by atoms with Crippen LogP contribution >= 0.6 is 0 Å². The molecule has 55 heavy (non-hydrogen) atoms. The molecule has 0 aliphatic rings. The van der Waals surface area contributed by atoms with Crippen LogP contribution in [0.5, 0.6) is 5.75 Å². The summed E-state index contributed by atoms with van der Waals surface area (Å²) >= 11 is 0. The van der Waals surface area contributed by atoms with E-state index in [1.54, 1.807) is 53.2 Å². The lowest BCUT2D eigenvalue weighted by molar-refractivity contribution is -0.131. The summed E-state index contributed by atoms with van der Waals surface area (Å²) in [7, 11) is 3.57. The van der Waals surface area contributed by atoms with Gasteiger partial charge in [0.2, 0.25) is 17.7 Å². The van der Waals surface area contributed by atoms with E-state index in [4.69, 9.17) is 10.5 Å². The summed E-state index contributed by atoms with van der Waals surface area (Å²) in [5.74, 6) is 0.447. The fraction of sp³-hybridized carbons (Fsp3) is 0.477. The van der Waals surface area contributed by atoms with Gasteiger partial charge in [-0.15, -0.1) is 0 Å². The standard InChI is InChI=1S/C44H61N5O6/c1-43(2,3)28-38(45)42(54)47-36-15-11-32(12-16-36)21-24-48(6)40(52)19-22-44(4,5)23-20-41(53)49(7)25-26-55-37-17-13-35(14-18-37)39(51)30-46-29-33-9-8-10-34(27-33)31-50/h8-18,27,31,38,46H,19-26,28-30,45H2,1-7H3,(H,47,54)/t38-/m0/s1. The quantitative estimate of drug-likeness (QED) is 0.0799. The number of carbonyl (C=O) groups is 5. The molecule has 0 heterocycles. The first-order valence-corrected chi connectivity index (χ1v) is 19.1. The third-order valence-corrected chi connectivity index (χ3v) is 9.58. The molecule has 4 N–H and O–H groups in total. The molecule has 0 unspecified atom stereocenters. The summed E-state index contributed by atoms with van der Waals surface area (Å²) < 4.78 is 5.83. The van der Waals surface area contributed by atoms with Crippen molar-refractivity contribution in [3.63, 3.8) is 0 Å². The van der Waals surface area contributed by atoms with Gasteiger partial charge >= 0.3 is 0 Å². The highest BCUT2D eigenvalue weighted by atomic mass is 16.5. The van der Waals surface area contributed by atoms with Crippen molar-refractivity contribution in [2.45, 2.75) is 85.7 Å². The van der Waals surface area contributed by atoms with Crippen molar-refractivity contribution in [3.05, 3.63) is 95.1 Å². The minimum atomic E-state index is -0.573. The Bertz CT molecular complexity index is 1720. The smallest absolute Gasteiger partial charge is 0.241 e. The van der Waals surface area contributed by atoms with Crippen LogP contribution in [-0.2, 0) is 27.3 Å². The molecule has 0 bridgehead atoms. The van der Waals surface area contributed by atoms with Crippen molar-refractivity contribution in [2.24, 2.45) is 16.6 Å². The molecular weight excluding hydrogens is 695 g/mol. The number of aldehydes is 1. The topological polar surface area (TPSA) is 151 Å². The third-order valence-electron chi connectivity index (χ3n) is 9.58. The number of amides is 3. The van der Waals surface area contributed by atoms with E-state index in [1.165, 1.54) is 0 Å². The van der Waals surface area contributed by atoms with Crippen LogP contribution < -0.4 is 21.1 Å². The van der Waals surface area contributed by atoms with E-state index in [-0.39, 0.29) is 40.9 Å². The van der Waals surface area contributed by atoms with Gasteiger partial charge in [-0.3, -0.25) is 24.0 Å². The molecule has 3 amide bonds. The number of benzene rings is 3. The largest absolute Gasteiger partial charge is 0.492 e. The molecule has 3 aromatic carbocycles. The van der Waals surface area contributed by atoms with E-state index in [9.17, 15) is 24.0 Å². The number of nitrogens with two attached hydrogens (primary N) is 1. The highest BCUT2D eigenvalue weighted by Gasteiger charge is 2.24. The summed E-state index contributed by atoms with van der Waals surface area (Å²) in [6.45, 7) is 12.3. The average molecular weight is 756 g/mol. The van der Waals surface area contributed by atoms with Crippen molar-refractivity contribution in [1.29, 1.82) is 0 Å². The molecule has 0 aliphatic heterocycles. The van der Waals surface area contributed by atoms with Crippen molar-refractivity contribution < 1.29 is 28.7 Å². The number of anilines is 1. The van der Waals surface area contributed by atoms with Crippen molar-refractivity contribution in [3.8, 4) is 5.75 Å². The maximum absolute atomic E-state index is 12.9. The van der Waals surface area contributed by atoms with Gasteiger partial charge in [-0.25, -0.2) is 0 Å². The molecule has 0 spiro atoms. The highest BCUT2D eigenvalue weighted by Crippen LogP contribution is 2.29.